The summed E-state index contributed by atoms with van der Waals surface area (Å²) >= 11 is 4.88. The highest BCUT2D eigenvalue weighted by molar-refractivity contribution is 9.10. The van der Waals surface area contributed by atoms with Crippen LogP contribution in [0.1, 0.15) is 23.0 Å². The Morgan fingerprint density at radius 1 is 1.28 bits per heavy atom. The average molecular weight is 418 g/mol. The normalized spacial score (nSPS) is 10.5. The van der Waals surface area contributed by atoms with Gasteiger partial charge in [-0.2, -0.15) is 0 Å². The minimum Gasteiger partial charge on any atom is -0.487 e. The van der Waals surface area contributed by atoms with Crippen LogP contribution in [0.4, 0.5) is 5.82 Å². The average Bonchev–Trinajstić information content (AvgIpc) is 3.16. The van der Waals surface area contributed by atoms with Gasteiger partial charge in [0.2, 0.25) is 0 Å². The Labute approximate surface area is 158 Å². The maximum absolute atomic E-state index is 12.9. The molecule has 0 spiro atoms. The Bertz CT molecular complexity index is 838. The molecule has 3 aromatic rings. The second kappa shape index (κ2) is 8.22. The molecule has 0 saturated carbocycles. The third-order valence-electron chi connectivity index (χ3n) is 3.50. The number of benzene rings is 1. The van der Waals surface area contributed by atoms with Crippen molar-refractivity contribution in [2.24, 2.45) is 0 Å². The Morgan fingerprint density at radius 2 is 2.16 bits per heavy atom. The summed E-state index contributed by atoms with van der Waals surface area (Å²) in [5.41, 5.74) is 3.20. The maximum atomic E-state index is 12.9. The fourth-order valence-electron chi connectivity index (χ4n) is 2.28. The van der Waals surface area contributed by atoms with Gasteiger partial charge in [0, 0.05) is 28.2 Å². The number of carbonyl (C=O) groups excluding carboxylic acids is 1. The van der Waals surface area contributed by atoms with Crippen LogP contribution in [0.2, 0.25) is 0 Å². The number of nitrogens with zero attached hydrogens (tertiary/aromatic N) is 3. The zero-order valence-electron chi connectivity index (χ0n) is 13.6. The Balaban J connectivity index is 1.76. The first-order valence-electron chi connectivity index (χ1n) is 7.70. The van der Waals surface area contributed by atoms with Crippen molar-refractivity contribution < 1.29 is 9.53 Å². The monoisotopic (exact) mass is 417 g/mol. The lowest BCUT2D eigenvalue weighted by molar-refractivity contribution is 0.0987. The SMILES string of the molecule is CCN(C(=O)c1cccc(OCc2cscn2)c1)c1ccc(Br)cn1. The molecule has 2 heterocycles. The van der Waals surface area contributed by atoms with Crippen molar-refractivity contribution in [2.45, 2.75) is 13.5 Å². The fraction of sp³-hybridized carbons (Fsp3) is 0.167. The molecule has 7 heteroatoms. The first kappa shape index (κ1) is 17.6. The maximum Gasteiger partial charge on any atom is 0.259 e. The van der Waals surface area contributed by atoms with Crippen molar-refractivity contribution in [3.05, 3.63) is 69.2 Å². The molecule has 0 bridgehead atoms. The molecule has 0 aliphatic heterocycles. The van der Waals surface area contributed by atoms with E-state index in [9.17, 15) is 4.79 Å². The number of amides is 1. The first-order chi connectivity index (χ1) is 12.2. The molecule has 5 nitrogen and oxygen atoms in total. The number of rotatable bonds is 6. The number of pyridine rings is 1. The molecule has 128 valence electrons. The number of anilines is 1. The van der Waals surface area contributed by atoms with Crippen LogP contribution in [0.5, 0.6) is 5.75 Å². The molecule has 2 aromatic heterocycles. The van der Waals surface area contributed by atoms with Gasteiger partial charge in [0.15, 0.2) is 0 Å². The third-order valence-corrected chi connectivity index (χ3v) is 4.61. The van der Waals surface area contributed by atoms with Crippen LogP contribution in [0.3, 0.4) is 0 Å². The van der Waals surface area contributed by atoms with E-state index in [0.717, 1.165) is 10.2 Å². The van der Waals surface area contributed by atoms with Crippen molar-refractivity contribution in [3.63, 3.8) is 0 Å². The molecule has 0 fully saturated rings. The lowest BCUT2D eigenvalue weighted by Crippen LogP contribution is -2.31. The molecule has 25 heavy (non-hydrogen) atoms. The molecule has 0 aliphatic carbocycles. The number of ether oxygens (including phenoxy) is 1. The van der Waals surface area contributed by atoms with Crippen LogP contribution >= 0.6 is 27.3 Å². The van der Waals surface area contributed by atoms with Crippen LogP contribution in [0.25, 0.3) is 0 Å². The Kier molecular flexibility index (Phi) is 5.78. The minimum atomic E-state index is -0.114. The van der Waals surface area contributed by atoms with Gasteiger partial charge in [-0.05, 0) is 53.2 Å². The number of hydrogen-bond acceptors (Lipinski definition) is 5. The molecule has 0 radical (unpaired) electrons. The molecule has 0 saturated heterocycles. The number of thiazole rings is 1. The largest absolute Gasteiger partial charge is 0.487 e. The zero-order valence-corrected chi connectivity index (χ0v) is 16.0. The van der Waals surface area contributed by atoms with E-state index < -0.39 is 0 Å². The van der Waals surface area contributed by atoms with Crippen molar-refractivity contribution in [1.29, 1.82) is 0 Å². The zero-order chi connectivity index (χ0) is 17.6. The summed E-state index contributed by atoms with van der Waals surface area (Å²) in [5, 5.41) is 1.94. The van der Waals surface area contributed by atoms with E-state index in [1.165, 1.54) is 11.3 Å². The van der Waals surface area contributed by atoms with Gasteiger partial charge in [-0.3, -0.25) is 9.69 Å². The van der Waals surface area contributed by atoms with Crippen molar-refractivity contribution in [1.82, 2.24) is 9.97 Å². The summed E-state index contributed by atoms with van der Waals surface area (Å²) in [5.74, 6) is 1.14. The molecule has 1 aromatic carbocycles. The number of carbonyl (C=O) groups is 1. The fourth-order valence-corrected chi connectivity index (χ4v) is 3.06. The summed E-state index contributed by atoms with van der Waals surface area (Å²) in [6.07, 6.45) is 1.68. The van der Waals surface area contributed by atoms with Gasteiger partial charge >= 0.3 is 0 Å². The highest BCUT2D eigenvalue weighted by atomic mass is 79.9. The molecule has 3 rings (SSSR count). The predicted octanol–water partition coefficient (Wildman–Crippen LogP) is 4.55. The van der Waals surface area contributed by atoms with Gasteiger partial charge in [-0.25, -0.2) is 9.97 Å². The highest BCUT2D eigenvalue weighted by Crippen LogP contribution is 2.20. The van der Waals surface area contributed by atoms with Crippen molar-refractivity contribution in [2.75, 3.05) is 11.4 Å². The van der Waals surface area contributed by atoms with E-state index in [1.807, 2.05) is 36.6 Å². The van der Waals surface area contributed by atoms with Crippen LogP contribution < -0.4 is 9.64 Å². The van der Waals surface area contributed by atoms with Gasteiger partial charge in [0.25, 0.3) is 5.91 Å². The standard InChI is InChI=1S/C18H16BrN3O2S/c1-2-22(17-7-6-14(19)9-20-17)18(23)13-4-3-5-16(8-13)24-10-15-11-25-12-21-15/h3-9,11-12H,2,10H2,1H3. The van der Waals surface area contributed by atoms with E-state index in [4.69, 9.17) is 4.74 Å². The highest BCUT2D eigenvalue weighted by Gasteiger charge is 2.17. The summed E-state index contributed by atoms with van der Waals surface area (Å²) < 4.78 is 6.60. The van der Waals surface area contributed by atoms with Crippen LogP contribution in [-0.4, -0.2) is 22.4 Å². The van der Waals surface area contributed by atoms with Gasteiger partial charge < -0.3 is 4.74 Å². The quantitative estimate of drug-likeness (QED) is 0.590. The Hall–Kier alpha value is -2.25. The van der Waals surface area contributed by atoms with Crippen LogP contribution in [-0.2, 0) is 6.61 Å². The van der Waals surface area contributed by atoms with E-state index in [0.29, 0.717) is 30.3 Å². The molecule has 0 unspecified atom stereocenters. The van der Waals surface area contributed by atoms with Gasteiger partial charge in [-0.1, -0.05) is 6.07 Å². The minimum absolute atomic E-state index is 0.114. The lowest BCUT2D eigenvalue weighted by Gasteiger charge is -2.20. The number of hydrogen-bond donors (Lipinski definition) is 0. The number of halogens is 1. The second-order valence-corrected chi connectivity index (χ2v) is 6.81. The predicted molar refractivity (Wildman–Crippen MR) is 102 cm³/mol. The van der Waals surface area contributed by atoms with E-state index in [1.54, 1.807) is 28.7 Å². The van der Waals surface area contributed by atoms with Crippen LogP contribution in [0.15, 0.2) is 58.0 Å². The van der Waals surface area contributed by atoms with Crippen molar-refractivity contribution in [3.8, 4) is 5.75 Å². The van der Waals surface area contributed by atoms with E-state index in [-0.39, 0.29) is 5.91 Å². The second-order valence-electron chi connectivity index (χ2n) is 5.18. The van der Waals surface area contributed by atoms with Gasteiger partial charge in [0.1, 0.15) is 18.2 Å². The third kappa shape index (κ3) is 4.43. The van der Waals surface area contributed by atoms with Gasteiger partial charge in [-0.15, -0.1) is 11.3 Å². The topological polar surface area (TPSA) is 55.3 Å². The smallest absolute Gasteiger partial charge is 0.259 e. The molecular weight excluding hydrogens is 402 g/mol. The van der Waals surface area contributed by atoms with Gasteiger partial charge in [0.05, 0.1) is 11.2 Å². The molecule has 0 atom stereocenters. The van der Waals surface area contributed by atoms with E-state index >= 15 is 0 Å². The Morgan fingerprint density at radius 3 is 2.84 bits per heavy atom. The summed E-state index contributed by atoms with van der Waals surface area (Å²) in [6.45, 7) is 2.83. The molecule has 1 amide bonds. The summed E-state index contributed by atoms with van der Waals surface area (Å²) in [4.78, 5) is 23.0. The number of aromatic nitrogens is 2. The first-order valence-corrected chi connectivity index (χ1v) is 9.44. The molecular formula is C18H16BrN3O2S. The summed E-state index contributed by atoms with van der Waals surface area (Å²) in [6, 6.07) is 10.8. The molecule has 0 aliphatic rings. The summed E-state index contributed by atoms with van der Waals surface area (Å²) in [7, 11) is 0. The van der Waals surface area contributed by atoms with Crippen molar-refractivity contribution >= 4 is 39.0 Å². The molecule has 0 N–H and O–H groups in total. The van der Waals surface area contributed by atoms with E-state index in [2.05, 4.69) is 25.9 Å². The van der Waals surface area contributed by atoms with Crippen LogP contribution in [0, 0.1) is 0 Å². The lowest BCUT2D eigenvalue weighted by atomic mass is 10.2.